The van der Waals surface area contributed by atoms with Crippen LogP contribution in [0.15, 0.2) is 47.2 Å². The molecule has 2 saturated heterocycles. The first-order valence-electron chi connectivity index (χ1n) is 12.1. The van der Waals surface area contributed by atoms with Crippen molar-refractivity contribution in [3.8, 4) is 6.01 Å². The first-order valence-corrected chi connectivity index (χ1v) is 12.5. The number of hydrogen-bond acceptors (Lipinski definition) is 9. The minimum atomic E-state index is -0.636. The zero-order chi connectivity index (χ0) is 24.9. The Bertz CT molecular complexity index is 1570. The predicted molar refractivity (Wildman–Crippen MR) is 132 cm³/mol. The van der Waals surface area contributed by atoms with Gasteiger partial charge in [0.15, 0.2) is 11.8 Å². The van der Waals surface area contributed by atoms with E-state index in [4.69, 9.17) is 40.4 Å². The number of aromatic nitrogens is 6. The van der Waals surface area contributed by atoms with Gasteiger partial charge in [0, 0.05) is 11.5 Å². The van der Waals surface area contributed by atoms with E-state index in [1.54, 1.807) is 6.26 Å². The number of H-pyrrole nitrogens is 1. The van der Waals surface area contributed by atoms with Crippen molar-refractivity contribution in [2.24, 2.45) is 0 Å². The molecule has 0 aliphatic carbocycles. The van der Waals surface area contributed by atoms with E-state index in [2.05, 4.69) is 21.2 Å². The lowest BCUT2D eigenvalue weighted by Gasteiger charge is -2.15. The molecule has 0 amide bonds. The van der Waals surface area contributed by atoms with Gasteiger partial charge in [-0.1, -0.05) is 35.0 Å². The maximum absolute atomic E-state index is 9.94. The Hall–Kier alpha value is -3.51. The van der Waals surface area contributed by atoms with Crippen LogP contribution in [0.3, 0.4) is 0 Å². The molecule has 5 aromatic rings. The number of aliphatic hydroxyl groups excluding tert-OH is 1. The summed E-state index contributed by atoms with van der Waals surface area (Å²) in [5.41, 5.74) is 4.71. The number of aromatic amines is 1. The number of ether oxygens (including phenoxy) is 3. The van der Waals surface area contributed by atoms with Crippen molar-refractivity contribution in [1.29, 1.82) is 0 Å². The smallest absolute Gasteiger partial charge is 0.296 e. The molecule has 190 valence electrons. The van der Waals surface area contributed by atoms with Crippen molar-refractivity contribution in [1.82, 2.24) is 29.9 Å². The van der Waals surface area contributed by atoms with Crippen molar-refractivity contribution in [3.05, 3.63) is 64.8 Å². The Morgan fingerprint density at radius 1 is 1.08 bits per heavy atom. The maximum Gasteiger partial charge on any atom is 0.296 e. The van der Waals surface area contributed by atoms with Gasteiger partial charge in [0.2, 0.25) is 0 Å². The van der Waals surface area contributed by atoms with Crippen LogP contribution in [0.2, 0.25) is 5.02 Å². The number of aliphatic hydroxyl groups is 1. The second-order valence-electron chi connectivity index (χ2n) is 9.26. The van der Waals surface area contributed by atoms with Crippen LogP contribution in [0.1, 0.15) is 17.1 Å². The number of nitrogens with zero attached hydrogens (tertiary/aromatic N) is 5. The molecule has 7 rings (SSSR count). The van der Waals surface area contributed by atoms with Gasteiger partial charge >= 0.3 is 0 Å². The molecule has 2 aliphatic rings. The van der Waals surface area contributed by atoms with E-state index in [-0.39, 0.29) is 24.9 Å². The average molecular weight is 523 g/mol. The Balaban J connectivity index is 1.10. The zero-order valence-corrected chi connectivity index (χ0v) is 20.3. The Morgan fingerprint density at radius 2 is 1.95 bits per heavy atom. The SMILES string of the molecule is O[C@@H]1CO[C@H]2[C@@H]1OC[C@H]2Oc1nc2nc(CCc3nn(Cc4ccon4)c4ccccc34)c(Cl)cc2[nH]1. The third-order valence-corrected chi connectivity index (χ3v) is 7.19. The van der Waals surface area contributed by atoms with Crippen LogP contribution in [0.25, 0.3) is 22.1 Å². The van der Waals surface area contributed by atoms with Crippen LogP contribution < -0.4 is 4.74 Å². The highest BCUT2D eigenvalue weighted by atomic mass is 35.5. The molecule has 1 aromatic carbocycles. The van der Waals surface area contributed by atoms with E-state index in [1.807, 2.05) is 35.0 Å². The number of halogens is 1. The standard InChI is InChI=1S/C25H23ClN6O5/c26-15-9-18-24(29-25(28-18)37-21-12-35-22-20(33)11-34-23(21)22)27-17(15)6-5-16-14-3-1-2-4-19(14)32(30-16)10-13-7-8-36-31-13/h1-4,7-9,20-23,33H,5-6,10-12H2,(H,27,28,29)/t20-,21-,22-,23-/m1/s1. The fourth-order valence-electron chi connectivity index (χ4n) is 5.06. The lowest BCUT2D eigenvalue weighted by Crippen LogP contribution is -2.34. The normalized spacial score (nSPS) is 23.3. The van der Waals surface area contributed by atoms with Crippen molar-refractivity contribution >= 4 is 33.7 Å². The highest BCUT2D eigenvalue weighted by Gasteiger charge is 2.48. The highest BCUT2D eigenvalue weighted by Crippen LogP contribution is 2.30. The van der Waals surface area contributed by atoms with E-state index in [9.17, 15) is 5.11 Å². The summed E-state index contributed by atoms with van der Waals surface area (Å²) in [7, 11) is 0. The molecule has 2 fully saturated rings. The van der Waals surface area contributed by atoms with Crippen LogP contribution in [0.4, 0.5) is 0 Å². The highest BCUT2D eigenvalue weighted by molar-refractivity contribution is 6.31. The molecule has 0 unspecified atom stereocenters. The molecule has 2 aliphatic heterocycles. The molecule has 11 nitrogen and oxygen atoms in total. The van der Waals surface area contributed by atoms with Crippen LogP contribution in [0.5, 0.6) is 6.01 Å². The Morgan fingerprint density at radius 3 is 2.84 bits per heavy atom. The van der Waals surface area contributed by atoms with Gasteiger partial charge in [0.1, 0.15) is 30.3 Å². The summed E-state index contributed by atoms with van der Waals surface area (Å²) in [6.45, 7) is 1.08. The number of imidazole rings is 1. The summed E-state index contributed by atoms with van der Waals surface area (Å²) >= 11 is 6.59. The molecule has 0 radical (unpaired) electrons. The fraction of sp³-hybridized carbons (Fsp3) is 0.360. The molecule has 2 N–H and O–H groups in total. The minimum Gasteiger partial charge on any atom is -0.456 e. The number of para-hydroxylation sites is 1. The Labute approximate surface area is 215 Å². The molecular formula is C25H23ClN6O5. The molecule has 0 spiro atoms. The van der Waals surface area contributed by atoms with Gasteiger partial charge in [-0.2, -0.15) is 10.1 Å². The number of pyridine rings is 1. The predicted octanol–water partition coefficient (Wildman–Crippen LogP) is 2.69. The van der Waals surface area contributed by atoms with Gasteiger partial charge < -0.3 is 28.8 Å². The van der Waals surface area contributed by atoms with Gasteiger partial charge in [-0.05, 0) is 25.0 Å². The largest absolute Gasteiger partial charge is 0.456 e. The van der Waals surface area contributed by atoms with Gasteiger partial charge in [-0.25, -0.2) is 4.98 Å². The van der Waals surface area contributed by atoms with Gasteiger partial charge in [0.05, 0.1) is 47.2 Å². The van der Waals surface area contributed by atoms with E-state index in [1.165, 1.54) is 0 Å². The average Bonchev–Trinajstić information content (AvgIpc) is 3.71. The molecule has 4 atom stereocenters. The van der Waals surface area contributed by atoms with E-state index < -0.39 is 6.10 Å². The molecular weight excluding hydrogens is 500 g/mol. The number of fused-ring (bicyclic) bond motifs is 3. The lowest BCUT2D eigenvalue weighted by atomic mass is 10.1. The summed E-state index contributed by atoms with van der Waals surface area (Å²) in [6.07, 6.45) is 1.11. The van der Waals surface area contributed by atoms with E-state index in [0.29, 0.717) is 48.2 Å². The first kappa shape index (κ1) is 22.7. The second-order valence-corrected chi connectivity index (χ2v) is 9.67. The number of benzene rings is 1. The second kappa shape index (κ2) is 9.10. The van der Waals surface area contributed by atoms with Gasteiger partial charge in [-0.3, -0.25) is 4.68 Å². The van der Waals surface area contributed by atoms with Crippen molar-refractivity contribution < 1.29 is 23.8 Å². The van der Waals surface area contributed by atoms with Crippen LogP contribution in [0, 0.1) is 0 Å². The first-order chi connectivity index (χ1) is 18.1. The van der Waals surface area contributed by atoms with Crippen LogP contribution >= 0.6 is 11.6 Å². The lowest BCUT2D eigenvalue weighted by molar-refractivity contribution is 0.00706. The summed E-state index contributed by atoms with van der Waals surface area (Å²) < 4.78 is 24.1. The molecule has 0 bridgehead atoms. The minimum absolute atomic E-state index is 0.240. The third-order valence-electron chi connectivity index (χ3n) is 6.86. The number of nitrogens with one attached hydrogen (secondary N) is 1. The molecule has 4 aromatic heterocycles. The molecule has 37 heavy (non-hydrogen) atoms. The molecule has 6 heterocycles. The van der Waals surface area contributed by atoms with Crippen LogP contribution in [-0.2, 0) is 28.9 Å². The monoisotopic (exact) mass is 522 g/mol. The number of rotatable bonds is 7. The number of hydrogen-bond donors (Lipinski definition) is 2. The number of aryl methyl sites for hydroxylation is 2. The van der Waals surface area contributed by atoms with Crippen molar-refractivity contribution in [3.63, 3.8) is 0 Å². The maximum atomic E-state index is 9.94. The van der Waals surface area contributed by atoms with Crippen molar-refractivity contribution in [2.45, 2.75) is 43.8 Å². The quantitative estimate of drug-likeness (QED) is 0.331. The van der Waals surface area contributed by atoms with E-state index in [0.717, 1.165) is 28.0 Å². The summed E-state index contributed by atoms with van der Waals surface area (Å²) in [6, 6.07) is 12.1. The van der Waals surface area contributed by atoms with Crippen LogP contribution in [-0.4, -0.2) is 72.6 Å². The molecule has 12 heteroatoms. The van der Waals surface area contributed by atoms with Crippen molar-refractivity contribution in [2.75, 3.05) is 13.2 Å². The topological polar surface area (TPSA) is 133 Å². The third kappa shape index (κ3) is 4.13. The summed E-state index contributed by atoms with van der Waals surface area (Å²) in [5, 5.41) is 20.4. The van der Waals surface area contributed by atoms with Gasteiger partial charge in [-0.15, -0.1) is 0 Å². The van der Waals surface area contributed by atoms with Gasteiger partial charge in [0.25, 0.3) is 6.01 Å². The fourth-order valence-corrected chi connectivity index (χ4v) is 5.31. The van der Waals surface area contributed by atoms with E-state index >= 15 is 0 Å². The summed E-state index contributed by atoms with van der Waals surface area (Å²) in [4.78, 5) is 12.3. The Kier molecular flexibility index (Phi) is 5.58. The zero-order valence-electron chi connectivity index (χ0n) is 19.6. The molecule has 0 saturated carbocycles. The summed E-state index contributed by atoms with van der Waals surface area (Å²) in [5.74, 6) is 0.